The van der Waals surface area contributed by atoms with E-state index >= 15 is 0 Å². The smallest absolute Gasteiger partial charge is 0.233 e. The molecule has 1 aliphatic carbocycles. The molecule has 146 valence electrons. The second-order valence-electron chi connectivity index (χ2n) is 7.30. The van der Waals surface area contributed by atoms with Crippen LogP contribution in [0.25, 0.3) is 11.4 Å². The molecule has 0 spiro atoms. The van der Waals surface area contributed by atoms with Gasteiger partial charge in [-0.05, 0) is 55.9 Å². The number of amides is 1. The highest BCUT2D eigenvalue weighted by Gasteiger charge is 2.25. The predicted octanol–water partition coefficient (Wildman–Crippen LogP) is 3.62. The van der Waals surface area contributed by atoms with E-state index in [1.54, 1.807) is 7.11 Å². The van der Waals surface area contributed by atoms with Gasteiger partial charge in [0.15, 0.2) is 11.0 Å². The lowest BCUT2D eigenvalue weighted by atomic mass is 9.87. The molecule has 2 aromatic rings. The van der Waals surface area contributed by atoms with Crippen LogP contribution in [-0.2, 0) is 11.8 Å². The molecule has 0 unspecified atom stereocenters. The maximum Gasteiger partial charge on any atom is 0.233 e. The lowest BCUT2D eigenvalue weighted by molar-refractivity contribution is -0.129. The molecular weight excluding hydrogens is 360 g/mol. The molecule has 1 fully saturated rings. The Morgan fingerprint density at radius 1 is 1.22 bits per heavy atom. The molecule has 1 amide bonds. The van der Waals surface area contributed by atoms with Gasteiger partial charge in [-0.25, -0.2) is 0 Å². The molecule has 0 N–H and O–H groups in total. The van der Waals surface area contributed by atoms with Gasteiger partial charge >= 0.3 is 0 Å². The molecule has 0 aliphatic heterocycles. The summed E-state index contributed by atoms with van der Waals surface area (Å²) in [4.78, 5) is 14.5. The maximum atomic E-state index is 12.6. The van der Waals surface area contributed by atoms with E-state index in [4.69, 9.17) is 4.74 Å². The van der Waals surface area contributed by atoms with Gasteiger partial charge in [-0.15, -0.1) is 10.2 Å². The number of ether oxygens (including phenoxy) is 1. The number of rotatable bonds is 6. The van der Waals surface area contributed by atoms with E-state index in [0.717, 1.165) is 41.1 Å². The summed E-state index contributed by atoms with van der Waals surface area (Å²) in [6.07, 6.45) is 4.65. The summed E-state index contributed by atoms with van der Waals surface area (Å²) in [5.41, 5.74) is 0.970. The second-order valence-corrected chi connectivity index (χ2v) is 8.24. The van der Waals surface area contributed by atoms with Gasteiger partial charge in [0.1, 0.15) is 5.75 Å². The lowest BCUT2D eigenvalue weighted by Gasteiger charge is -2.33. The lowest BCUT2D eigenvalue weighted by Crippen LogP contribution is -2.40. The number of thioether (sulfide) groups is 1. The molecule has 6 nitrogen and oxygen atoms in total. The largest absolute Gasteiger partial charge is 0.497 e. The number of methoxy groups -OCH3 is 1. The molecule has 1 heterocycles. The first-order valence-electron chi connectivity index (χ1n) is 9.42. The van der Waals surface area contributed by atoms with Crippen molar-refractivity contribution in [3.8, 4) is 17.1 Å². The van der Waals surface area contributed by atoms with Gasteiger partial charge in [-0.2, -0.15) is 0 Å². The minimum absolute atomic E-state index is 0.161. The van der Waals surface area contributed by atoms with Crippen LogP contribution in [0.4, 0.5) is 0 Å². The van der Waals surface area contributed by atoms with Gasteiger partial charge in [0.25, 0.3) is 0 Å². The van der Waals surface area contributed by atoms with E-state index in [2.05, 4.69) is 17.1 Å². The summed E-state index contributed by atoms with van der Waals surface area (Å²) >= 11 is 1.44. The summed E-state index contributed by atoms with van der Waals surface area (Å²) in [7, 11) is 5.51. The van der Waals surface area contributed by atoms with E-state index < -0.39 is 0 Å². The van der Waals surface area contributed by atoms with Crippen molar-refractivity contribution in [3.05, 3.63) is 24.3 Å². The molecule has 1 aromatic carbocycles. The molecule has 0 atom stereocenters. The van der Waals surface area contributed by atoms with Crippen LogP contribution in [0.5, 0.6) is 5.75 Å². The van der Waals surface area contributed by atoms with Crippen LogP contribution in [0.3, 0.4) is 0 Å². The van der Waals surface area contributed by atoms with E-state index in [9.17, 15) is 4.79 Å². The zero-order chi connectivity index (χ0) is 19.4. The Morgan fingerprint density at radius 2 is 1.89 bits per heavy atom. The Morgan fingerprint density at radius 3 is 2.52 bits per heavy atom. The minimum atomic E-state index is 0.161. The van der Waals surface area contributed by atoms with Crippen molar-refractivity contribution in [2.45, 2.75) is 43.8 Å². The Hall–Kier alpha value is -2.02. The zero-order valence-corrected chi connectivity index (χ0v) is 17.3. The van der Waals surface area contributed by atoms with Crippen molar-refractivity contribution >= 4 is 17.7 Å². The van der Waals surface area contributed by atoms with Gasteiger partial charge in [0, 0.05) is 25.7 Å². The van der Waals surface area contributed by atoms with Gasteiger partial charge in [-0.1, -0.05) is 18.7 Å². The van der Waals surface area contributed by atoms with Gasteiger partial charge < -0.3 is 14.2 Å². The van der Waals surface area contributed by atoms with Gasteiger partial charge in [-0.3, -0.25) is 4.79 Å². The van der Waals surface area contributed by atoms with Crippen LogP contribution in [0.1, 0.15) is 32.6 Å². The first kappa shape index (κ1) is 19.7. The quantitative estimate of drug-likeness (QED) is 0.708. The first-order valence-corrected chi connectivity index (χ1v) is 10.4. The van der Waals surface area contributed by atoms with Crippen LogP contribution in [0.15, 0.2) is 29.4 Å². The van der Waals surface area contributed by atoms with Gasteiger partial charge in [0.05, 0.1) is 12.9 Å². The molecule has 3 rings (SSSR count). The standard InChI is InChI=1S/C20H28N4O2S/c1-14-5-9-16(10-6-14)23(2)18(25)13-27-20-22-21-19(24(20)3)15-7-11-17(26-4)12-8-15/h7-8,11-12,14,16H,5-6,9-10,13H2,1-4H3. The summed E-state index contributed by atoms with van der Waals surface area (Å²) in [5, 5.41) is 9.30. The van der Waals surface area contributed by atoms with Crippen LogP contribution in [0, 0.1) is 5.92 Å². The summed E-state index contributed by atoms with van der Waals surface area (Å²) in [5.74, 6) is 2.92. The molecular formula is C20H28N4O2S. The number of hydrogen-bond acceptors (Lipinski definition) is 5. The third-order valence-electron chi connectivity index (χ3n) is 5.43. The third kappa shape index (κ3) is 4.64. The van der Waals surface area contributed by atoms with Crippen LogP contribution < -0.4 is 4.74 Å². The number of benzene rings is 1. The molecule has 0 saturated heterocycles. The molecule has 1 aliphatic rings. The maximum absolute atomic E-state index is 12.6. The molecule has 1 saturated carbocycles. The topological polar surface area (TPSA) is 60.3 Å². The Kier molecular flexibility index (Phi) is 6.42. The van der Waals surface area contributed by atoms with Crippen LogP contribution >= 0.6 is 11.8 Å². The third-order valence-corrected chi connectivity index (χ3v) is 6.44. The monoisotopic (exact) mass is 388 g/mol. The predicted molar refractivity (Wildman–Crippen MR) is 108 cm³/mol. The van der Waals surface area contributed by atoms with Crippen molar-refractivity contribution in [2.24, 2.45) is 13.0 Å². The van der Waals surface area contributed by atoms with Crippen molar-refractivity contribution < 1.29 is 9.53 Å². The highest BCUT2D eigenvalue weighted by atomic mass is 32.2. The number of nitrogens with zero attached hydrogens (tertiary/aromatic N) is 4. The fraction of sp³-hybridized carbons (Fsp3) is 0.550. The van der Waals surface area contributed by atoms with E-state index in [1.165, 1.54) is 24.6 Å². The van der Waals surface area contributed by atoms with Crippen molar-refractivity contribution in [1.29, 1.82) is 0 Å². The van der Waals surface area contributed by atoms with E-state index in [1.807, 2.05) is 47.8 Å². The van der Waals surface area contributed by atoms with Crippen molar-refractivity contribution in [2.75, 3.05) is 19.9 Å². The fourth-order valence-corrected chi connectivity index (χ4v) is 4.33. The average Bonchev–Trinajstić information content (AvgIpc) is 3.06. The first-order chi connectivity index (χ1) is 13.0. The summed E-state index contributed by atoms with van der Waals surface area (Å²) < 4.78 is 7.13. The summed E-state index contributed by atoms with van der Waals surface area (Å²) in [6.45, 7) is 2.29. The molecule has 0 bridgehead atoms. The number of carbonyl (C=O) groups is 1. The van der Waals surface area contributed by atoms with Gasteiger partial charge in [0.2, 0.25) is 5.91 Å². The minimum Gasteiger partial charge on any atom is -0.497 e. The van der Waals surface area contributed by atoms with E-state index in [0.29, 0.717) is 11.8 Å². The number of aromatic nitrogens is 3. The highest BCUT2D eigenvalue weighted by Crippen LogP contribution is 2.28. The SMILES string of the molecule is COc1ccc(-c2nnc(SCC(=O)N(C)C3CCC(C)CC3)n2C)cc1. The zero-order valence-electron chi connectivity index (χ0n) is 16.5. The average molecular weight is 389 g/mol. The highest BCUT2D eigenvalue weighted by molar-refractivity contribution is 7.99. The fourth-order valence-electron chi connectivity index (χ4n) is 3.49. The molecule has 1 aromatic heterocycles. The van der Waals surface area contributed by atoms with Crippen LogP contribution in [-0.4, -0.2) is 51.5 Å². The Balaban J connectivity index is 1.59. The molecule has 7 heteroatoms. The Labute approximate surface area is 165 Å². The molecule has 27 heavy (non-hydrogen) atoms. The normalized spacial score (nSPS) is 19.7. The number of carbonyl (C=O) groups excluding carboxylic acids is 1. The van der Waals surface area contributed by atoms with Crippen molar-refractivity contribution in [1.82, 2.24) is 19.7 Å². The molecule has 0 radical (unpaired) electrons. The van der Waals surface area contributed by atoms with Crippen molar-refractivity contribution in [3.63, 3.8) is 0 Å². The second kappa shape index (κ2) is 8.78. The van der Waals surface area contributed by atoms with Crippen LogP contribution in [0.2, 0.25) is 0 Å². The Bertz CT molecular complexity index is 767. The number of hydrogen-bond donors (Lipinski definition) is 0. The summed E-state index contributed by atoms with van der Waals surface area (Å²) in [6, 6.07) is 8.10. The van der Waals surface area contributed by atoms with E-state index in [-0.39, 0.29) is 5.91 Å².